The molecule has 1 aliphatic rings. The van der Waals surface area contributed by atoms with Crippen LogP contribution in [0.25, 0.3) is 0 Å². The normalized spacial score (nSPS) is 14.3. The van der Waals surface area contributed by atoms with E-state index in [1.165, 1.54) is 12.1 Å². The second kappa shape index (κ2) is 5.44. The van der Waals surface area contributed by atoms with Gasteiger partial charge in [0.25, 0.3) is 0 Å². The van der Waals surface area contributed by atoms with Gasteiger partial charge in [-0.2, -0.15) is 0 Å². The molecule has 0 aliphatic carbocycles. The maximum Gasteiger partial charge on any atom is 0.230 e. The van der Waals surface area contributed by atoms with E-state index in [0.29, 0.717) is 30.0 Å². The Morgan fingerprint density at radius 2 is 2.05 bits per heavy atom. The summed E-state index contributed by atoms with van der Waals surface area (Å²) in [6.07, 6.45) is 0.298. The van der Waals surface area contributed by atoms with Crippen molar-refractivity contribution in [3.05, 3.63) is 53.8 Å². The van der Waals surface area contributed by atoms with Crippen molar-refractivity contribution in [2.75, 3.05) is 17.2 Å². The van der Waals surface area contributed by atoms with E-state index in [-0.39, 0.29) is 18.1 Å². The summed E-state index contributed by atoms with van der Waals surface area (Å²) >= 11 is 0. The molecule has 21 heavy (non-hydrogen) atoms. The third kappa shape index (κ3) is 2.67. The van der Waals surface area contributed by atoms with Crippen molar-refractivity contribution in [3.8, 4) is 5.75 Å². The minimum absolute atomic E-state index is 0.0443. The number of hydrogen-bond acceptors (Lipinski definition) is 3. The van der Waals surface area contributed by atoms with Gasteiger partial charge in [0.2, 0.25) is 5.91 Å². The molecule has 0 fully saturated rings. The number of halogens is 1. The highest BCUT2D eigenvalue weighted by molar-refractivity contribution is 5.95. The number of anilines is 2. The van der Waals surface area contributed by atoms with Gasteiger partial charge in [-0.15, -0.1) is 0 Å². The lowest BCUT2D eigenvalue weighted by Crippen LogP contribution is -2.29. The molecule has 0 radical (unpaired) electrons. The van der Waals surface area contributed by atoms with Gasteiger partial charge < -0.3 is 15.4 Å². The van der Waals surface area contributed by atoms with Crippen LogP contribution in [-0.2, 0) is 11.3 Å². The number of nitrogens with zero attached hydrogens (tertiary/aromatic N) is 1. The fraction of sp³-hybridized carbons (Fsp3) is 0.188. The topological polar surface area (TPSA) is 55.6 Å². The number of ether oxygens (including phenoxy) is 1. The second-order valence-electron chi connectivity index (χ2n) is 4.90. The first-order chi connectivity index (χ1) is 10.1. The Kier molecular flexibility index (Phi) is 3.48. The first-order valence-corrected chi connectivity index (χ1v) is 6.71. The van der Waals surface area contributed by atoms with E-state index in [9.17, 15) is 9.18 Å². The highest BCUT2D eigenvalue weighted by Gasteiger charge is 2.23. The molecule has 3 rings (SSSR count). The lowest BCUT2D eigenvalue weighted by molar-refractivity contribution is -0.118. The molecule has 0 aromatic heterocycles. The molecule has 2 aromatic rings. The second-order valence-corrected chi connectivity index (χ2v) is 4.90. The monoisotopic (exact) mass is 286 g/mol. The number of hydrogen-bond donors (Lipinski definition) is 1. The minimum Gasteiger partial charge on any atom is -0.491 e. The van der Waals surface area contributed by atoms with Gasteiger partial charge in [0.1, 0.15) is 11.6 Å². The number of fused-ring (bicyclic) bond motifs is 1. The quantitative estimate of drug-likeness (QED) is 0.864. The summed E-state index contributed by atoms with van der Waals surface area (Å²) in [5.41, 5.74) is 6.97. The zero-order valence-electron chi connectivity index (χ0n) is 11.4. The summed E-state index contributed by atoms with van der Waals surface area (Å²) in [4.78, 5) is 13.9. The van der Waals surface area contributed by atoms with Gasteiger partial charge in [0.05, 0.1) is 30.9 Å². The van der Waals surface area contributed by atoms with E-state index in [2.05, 4.69) is 0 Å². The molecule has 1 aliphatic heterocycles. The number of amides is 1. The van der Waals surface area contributed by atoms with Gasteiger partial charge in [-0.05, 0) is 29.8 Å². The zero-order valence-corrected chi connectivity index (χ0v) is 11.4. The smallest absolute Gasteiger partial charge is 0.230 e. The van der Waals surface area contributed by atoms with Crippen molar-refractivity contribution in [2.24, 2.45) is 0 Å². The number of para-hydroxylation sites is 2. The maximum atomic E-state index is 13.6. The predicted molar refractivity (Wildman–Crippen MR) is 78.6 cm³/mol. The van der Waals surface area contributed by atoms with Crippen molar-refractivity contribution in [1.29, 1.82) is 0 Å². The lowest BCUT2D eigenvalue weighted by atomic mass is 10.1. The van der Waals surface area contributed by atoms with Crippen molar-refractivity contribution < 1.29 is 13.9 Å². The molecule has 2 aromatic carbocycles. The molecule has 1 heterocycles. The van der Waals surface area contributed by atoms with Crippen LogP contribution < -0.4 is 15.4 Å². The Morgan fingerprint density at radius 3 is 2.86 bits per heavy atom. The van der Waals surface area contributed by atoms with Crippen molar-refractivity contribution >= 4 is 17.3 Å². The summed E-state index contributed by atoms with van der Waals surface area (Å²) in [5, 5.41) is 0. The standard InChI is InChI=1S/C16H15FN2O2/c17-12-9-11(5-6-13(12)18)10-19-14-3-1-2-4-15(14)21-8-7-16(19)20/h1-6,9H,7-8,10,18H2. The molecule has 0 bridgehead atoms. The highest BCUT2D eigenvalue weighted by Crippen LogP contribution is 2.32. The van der Waals surface area contributed by atoms with Crippen molar-refractivity contribution in [1.82, 2.24) is 0 Å². The number of nitrogens with two attached hydrogens (primary N) is 1. The average Bonchev–Trinajstić information content (AvgIpc) is 2.63. The average molecular weight is 286 g/mol. The molecule has 0 atom stereocenters. The summed E-state index contributed by atoms with van der Waals surface area (Å²) in [6, 6.07) is 11.9. The lowest BCUT2D eigenvalue weighted by Gasteiger charge is -2.22. The Hall–Kier alpha value is -2.56. The van der Waals surface area contributed by atoms with Crippen LogP contribution in [0.15, 0.2) is 42.5 Å². The molecular formula is C16H15FN2O2. The van der Waals surface area contributed by atoms with Crippen molar-refractivity contribution in [2.45, 2.75) is 13.0 Å². The molecule has 108 valence electrons. The highest BCUT2D eigenvalue weighted by atomic mass is 19.1. The molecule has 0 unspecified atom stereocenters. The summed E-state index contributed by atoms with van der Waals surface area (Å²) < 4.78 is 19.1. The molecule has 1 amide bonds. The van der Waals surface area contributed by atoms with Crippen LogP contribution in [0, 0.1) is 5.82 Å². The molecular weight excluding hydrogens is 271 g/mol. The molecule has 0 saturated carbocycles. The number of carbonyl (C=O) groups excluding carboxylic acids is 1. The predicted octanol–water partition coefficient (Wildman–Crippen LogP) is 2.72. The minimum atomic E-state index is -0.473. The van der Waals surface area contributed by atoms with Crippen LogP contribution in [0.2, 0.25) is 0 Å². The van der Waals surface area contributed by atoms with Gasteiger partial charge in [0.15, 0.2) is 0 Å². The summed E-state index contributed by atoms with van der Waals surface area (Å²) in [6.45, 7) is 0.638. The van der Waals surface area contributed by atoms with Crippen LogP contribution in [0.1, 0.15) is 12.0 Å². The molecule has 5 heteroatoms. The van der Waals surface area contributed by atoms with E-state index in [1.54, 1.807) is 11.0 Å². The zero-order chi connectivity index (χ0) is 14.8. The number of nitrogen functional groups attached to an aromatic ring is 1. The molecule has 0 saturated heterocycles. The van der Waals surface area contributed by atoms with E-state index in [1.807, 2.05) is 24.3 Å². The number of rotatable bonds is 2. The van der Waals surface area contributed by atoms with E-state index < -0.39 is 5.82 Å². The van der Waals surface area contributed by atoms with Crippen molar-refractivity contribution in [3.63, 3.8) is 0 Å². The maximum absolute atomic E-state index is 13.6. The third-order valence-corrected chi connectivity index (χ3v) is 3.44. The van der Waals surface area contributed by atoms with E-state index in [0.717, 1.165) is 0 Å². The van der Waals surface area contributed by atoms with E-state index in [4.69, 9.17) is 10.5 Å². The molecule has 0 spiro atoms. The Morgan fingerprint density at radius 1 is 1.24 bits per heavy atom. The largest absolute Gasteiger partial charge is 0.491 e. The Labute approximate surface area is 121 Å². The van der Waals surface area contributed by atoms with Gasteiger partial charge >= 0.3 is 0 Å². The fourth-order valence-electron chi connectivity index (χ4n) is 2.34. The van der Waals surface area contributed by atoms with E-state index >= 15 is 0 Å². The van der Waals surface area contributed by atoms with Gasteiger partial charge in [0, 0.05) is 0 Å². The Bertz CT molecular complexity index is 688. The summed E-state index contributed by atoms with van der Waals surface area (Å²) in [5.74, 6) is 0.149. The molecule has 2 N–H and O–H groups in total. The Balaban J connectivity index is 1.95. The first kappa shape index (κ1) is 13.4. The van der Waals surface area contributed by atoms with Crippen LogP contribution >= 0.6 is 0 Å². The number of carbonyl (C=O) groups is 1. The third-order valence-electron chi connectivity index (χ3n) is 3.44. The van der Waals surface area contributed by atoms with Crippen LogP contribution in [0.3, 0.4) is 0 Å². The fourth-order valence-corrected chi connectivity index (χ4v) is 2.34. The summed E-state index contributed by atoms with van der Waals surface area (Å²) in [7, 11) is 0. The van der Waals surface area contributed by atoms with Crippen LogP contribution in [0.5, 0.6) is 5.75 Å². The van der Waals surface area contributed by atoms with Gasteiger partial charge in [-0.3, -0.25) is 4.79 Å². The van der Waals surface area contributed by atoms with Gasteiger partial charge in [-0.1, -0.05) is 18.2 Å². The van der Waals surface area contributed by atoms with Crippen LogP contribution in [-0.4, -0.2) is 12.5 Å². The van der Waals surface area contributed by atoms with Gasteiger partial charge in [-0.25, -0.2) is 4.39 Å². The first-order valence-electron chi connectivity index (χ1n) is 6.71. The molecule has 4 nitrogen and oxygen atoms in total. The van der Waals surface area contributed by atoms with Crippen LogP contribution in [0.4, 0.5) is 15.8 Å². The number of benzene rings is 2. The SMILES string of the molecule is Nc1ccc(CN2C(=O)CCOc3ccccc32)cc1F.